The van der Waals surface area contributed by atoms with E-state index in [0.29, 0.717) is 11.7 Å². The average molecular weight is 414 g/mol. The molecule has 0 aromatic carbocycles. The zero-order valence-electron chi connectivity index (χ0n) is 18.7. The minimum atomic E-state index is -0.833. The normalized spacial score (nSPS) is 10.2. The number of nitrogens with one attached hydrogen (secondary N) is 3. The molecule has 8 N–H and O–H groups in total. The van der Waals surface area contributed by atoms with E-state index in [1.54, 1.807) is 0 Å². The van der Waals surface area contributed by atoms with Gasteiger partial charge in [-0.3, -0.25) is 15.6 Å². The lowest BCUT2D eigenvalue weighted by Gasteiger charge is -2.05. The molecule has 7 heteroatoms. The van der Waals surface area contributed by atoms with Crippen molar-refractivity contribution >= 4 is 17.6 Å². The van der Waals surface area contributed by atoms with Gasteiger partial charge in [0, 0.05) is 19.8 Å². The molecule has 0 heterocycles. The molecule has 0 rings (SSSR count). The molecule has 0 aromatic heterocycles. The van der Waals surface area contributed by atoms with Crippen molar-refractivity contribution < 1.29 is 9.90 Å². The number of aliphatic carboxylic acids is 1. The highest BCUT2D eigenvalue weighted by molar-refractivity contribution is 5.76. The Labute approximate surface area is 178 Å². The zero-order chi connectivity index (χ0) is 22.2. The summed E-state index contributed by atoms with van der Waals surface area (Å²) in [7, 11) is 0. The van der Waals surface area contributed by atoms with Crippen molar-refractivity contribution in [2.75, 3.05) is 13.1 Å². The van der Waals surface area contributed by atoms with Gasteiger partial charge in [-0.25, -0.2) is 0 Å². The number of carboxylic acids is 1. The van der Waals surface area contributed by atoms with E-state index in [1.807, 2.05) is 0 Å². The lowest BCUT2D eigenvalue weighted by molar-refractivity contribution is -0.134. The summed E-state index contributed by atoms with van der Waals surface area (Å²) in [5, 5.41) is 25.3. The van der Waals surface area contributed by atoms with E-state index >= 15 is 0 Å². The molecule has 0 fully saturated rings. The zero-order valence-corrected chi connectivity index (χ0v) is 18.7. The van der Waals surface area contributed by atoms with E-state index in [2.05, 4.69) is 5.32 Å². The van der Waals surface area contributed by atoms with Crippen LogP contribution in [-0.4, -0.2) is 35.8 Å². The highest BCUT2D eigenvalue weighted by atomic mass is 16.4. The third-order valence-electron chi connectivity index (χ3n) is 4.60. The monoisotopic (exact) mass is 413 g/mol. The molecule has 172 valence electrons. The maximum absolute atomic E-state index is 9.00. The van der Waals surface area contributed by atoms with Gasteiger partial charge in [0.2, 0.25) is 0 Å². The predicted molar refractivity (Wildman–Crippen MR) is 124 cm³/mol. The molecule has 0 aromatic rings. The van der Waals surface area contributed by atoms with E-state index in [4.69, 9.17) is 32.2 Å². The first-order valence-corrected chi connectivity index (χ1v) is 11.4. The van der Waals surface area contributed by atoms with Crippen molar-refractivity contribution in [3.8, 4) is 0 Å². The number of hydrogen-bond acceptors (Lipinski definition) is 4. The average Bonchev–Trinajstić information content (AvgIpc) is 2.62. The largest absolute Gasteiger partial charge is 0.481 e. The number of hydrogen-bond donors (Lipinski definition) is 6. The topological polar surface area (TPSA) is 149 Å². The molecule has 0 aliphatic rings. The van der Waals surface area contributed by atoms with Crippen molar-refractivity contribution in [3.63, 3.8) is 0 Å². The lowest BCUT2D eigenvalue weighted by Crippen LogP contribution is -2.16. The first kappa shape index (κ1) is 29.6. The molecule has 0 aliphatic carbocycles. The first-order valence-electron chi connectivity index (χ1n) is 11.4. The van der Waals surface area contributed by atoms with Gasteiger partial charge in [0.25, 0.3) is 5.97 Å². The fourth-order valence-electron chi connectivity index (χ4n) is 3.02. The second-order valence-electron chi connectivity index (χ2n) is 7.77. The Kier molecular flexibility index (Phi) is 24.9. The number of carboxylic acid groups (broad SMARTS) is 1. The number of carbonyl (C=O) groups is 1. The molecule has 29 heavy (non-hydrogen) atoms. The van der Waals surface area contributed by atoms with Gasteiger partial charge < -0.3 is 21.9 Å². The molecular weight excluding hydrogens is 366 g/mol. The summed E-state index contributed by atoms with van der Waals surface area (Å²) in [5.74, 6) is -0.175. The molecule has 7 nitrogen and oxygen atoms in total. The van der Waals surface area contributed by atoms with Crippen LogP contribution in [0.15, 0.2) is 0 Å². The third kappa shape index (κ3) is 37.7. The maximum Gasteiger partial charge on any atom is 0.300 e. The molecule has 0 atom stereocenters. The Morgan fingerprint density at radius 1 is 0.655 bits per heavy atom. The number of unbranched alkanes of at least 4 members (excludes halogenated alkanes) is 12. The van der Waals surface area contributed by atoms with Crippen LogP contribution in [0.4, 0.5) is 0 Å². The van der Waals surface area contributed by atoms with Crippen LogP contribution < -0.4 is 16.8 Å². The Morgan fingerprint density at radius 3 is 1.17 bits per heavy atom. The summed E-state index contributed by atoms with van der Waals surface area (Å²) in [6.45, 7) is 3.41. The fraction of sp³-hybridized carbons (Fsp3) is 0.864. The van der Waals surface area contributed by atoms with Crippen LogP contribution in [0.2, 0.25) is 0 Å². The van der Waals surface area contributed by atoms with E-state index < -0.39 is 5.97 Å². The van der Waals surface area contributed by atoms with Crippen LogP contribution in [0, 0.1) is 10.8 Å². The van der Waals surface area contributed by atoms with Crippen molar-refractivity contribution in [2.24, 2.45) is 11.5 Å². The first-order chi connectivity index (χ1) is 13.9. The summed E-state index contributed by atoms with van der Waals surface area (Å²) in [6.07, 6.45) is 19.3. The molecule has 0 bridgehead atoms. The van der Waals surface area contributed by atoms with Crippen LogP contribution in [0.5, 0.6) is 0 Å². The van der Waals surface area contributed by atoms with Crippen molar-refractivity contribution in [1.29, 1.82) is 10.8 Å². The number of nitrogens with two attached hydrogens (primary N) is 2. The van der Waals surface area contributed by atoms with Gasteiger partial charge in [0.15, 0.2) is 0 Å². The highest BCUT2D eigenvalue weighted by Crippen LogP contribution is 2.09. The highest BCUT2D eigenvalue weighted by Gasteiger charge is 1.95. The van der Waals surface area contributed by atoms with Gasteiger partial charge in [-0.1, -0.05) is 64.2 Å². The molecular formula is C22H47N5O2. The van der Waals surface area contributed by atoms with Gasteiger partial charge in [-0.05, 0) is 38.8 Å². The second kappa shape index (κ2) is 24.4. The summed E-state index contributed by atoms with van der Waals surface area (Å²) in [4.78, 5) is 9.00. The van der Waals surface area contributed by atoms with Crippen LogP contribution in [0.25, 0.3) is 0 Å². The van der Waals surface area contributed by atoms with E-state index in [9.17, 15) is 0 Å². The molecule has 0 radical (unpaired) electrons. The number of amidine groups is 2. The summed E-state index contributed by atoms with van der Waals surface area (Å²) < 4.78 is 0. The fourth-order valence-corrected chi connectivity index (χ4v) is 3.02. The van der Waals surface area contributed by atoms with Gasteiger partial charge >= 0.3 is 0 Å². The Bertz CT molecular complexity index is 369. The molecule has 0 saturated carbocycles. The molecule has 0 spiro atoms. The summed E-state index contributed by atoms with van der Waals surface area (Å²) in [6, 6.07) is 0. The number of rotatable bonds is 20. The minimum Gasteiger partial charge on any atom is -0.481 e. The van der Waals surface area contributed by atoms with Gasteiger partial charge in [-0.15, -0.1) is 0 Å². The summed E-state index contributed by atoms with van der Waals surface area (Å²) >= 11 is 0. The summed E-state index contributed by atoms with van der Waals surface area (Å²) in [5.41, 5.74) is 10.7. The van der Waals surface area contributed by atoms with Crippen LogP contribution in [0.3, 0.4) is 0 Å². The SMILES string of the molecule is CC(=O)O.N=C(N)CCCCCCCCCNCCCCCCCCCC(=N)N. The van der Waals surface area contributed by atoms with Gasteiger partial charge in [0.1, 0.15) is 0 Å². The Balaban J connectivity index is 0. The lowest BCUT2D eigenvalue weighted by atomic mass is 10.1. The van der Waals surface area contributed by atoms with E-state index in [-0.39, 0.29) is 0 Å². The minimum absolute atomic E-state index is 0.329. The van der Waals surface area contributed by atoms with Gasteiger partial charge in [-0.2, -0.15) is 0 Å². The van der Waals surface area contributed by atoms with E-state index in [0.717, 1.165) is 45.7 Å². The Hall–Kier alpha value is -1.63. The molecule has 0 saturated heterocycles. The molecule has 0 aliphatic heterocycles. The Morgan fingerprint density at radius 2 is 0.897 bits per heavy atom. The smallest absolute Gasteiger partial charge is 0.300 e. The quantitative estimate of drug-likeness (QED) is 0.0964. The molecule has 0 unspecified atom stereocenters. The maximum atomic E-state index is 9.00. The van der Waals surface area contributed by atoms with E-state index in [1.165, 1.54) is 77.0 Å². The third-order valence-corrected chi connectivity index (χ3v) is 4.60. The standard InChI is InChI=1S/C20H43N5.C2H4O2/c21-19(22)15-11-7-3-1-5-9-13-17-25-18-14-10-6-2-4-8-12-16-20(23)24;1-2(3)4/h25H,1-18H2,(H3,21,22)(H3,23,24);1H3,(H,3,4). The molecule has 0 amide bonds. The second-order valence-corrected chi connectivity index (χ2v) is 7.77. The van der Waals surface area contributed by atoms with Crippen LogP contribution in [0.1, 0.15) is 110 Å². The predicted octanol–water partition coefficient (Wildman–Crippen LogP) is 4.78. The van der Waals surface area contributed by atoms with Crippen LogP contribution in [-0.2, 0) is 4.79 Å². The van der Waals surface area contributed by atoms with Crippen molar-refractivity contribution in [3.05, 3.63) is 0 Å². The van der Waals surface area contributed by atoms with Gasteiger partial charge in [0.05, 0.1) is 11.7 Å². The van der Waals surface area contributed by atoms with Crippen molar-refractivity contribution in [2.45, 2.75) is 110 Å². The van der Waals surface area contributed by atoms with Crippen LogP contribution >= 0.6 is 0 Å². The van der Waals surface area contributed by atoms with Crippen molar-refractivity contribution in [1.82, 2.24) is 5.32 Å².